The van der Waals surface area contributed by atoms with E-state index in [-0.39, 0.29) is 0 Å². The number of alkyl halides is 3. The molecule has 8 heteroatoms. The van der Waals surface area contributed by atoms with Crippen molar-refractivity contribution in [1.82, 2.24) is 0 Å². The second-order valence-corrected chi connectivity index (χ2v) is 6.64. The van der Waals surface area contributed by atoms with Crippen molar-refractivity contribution >= 4 is 18.1 Å². The third-order valence-corrected chi connectivity index (χ3v) is 4.48. The van der Waals surface area contributed by atoms with Gasteiger partial charge in [0.25, 0.3) is 0 Å². The fourth-order valence-corrected chi connectivity index (χ4v) is 0.932. The monoisotopic (exact) mass is 204 g/mol. The Bertz CT molecular complexity index is 131. The Kier molecular flexibility index (Phi) is 2.25. The summed E-state index contributed by atoms with van der Waals surface area (Å²) in [5.41, 5.74) is 0. The van der Waals surface area contributed by atoms with Crippen LogP contribution in [0.2, 0.25) is 0 Å². The van der Waals surface area contributed by atoms with Crippen molar-refractivity contribution in [3.8, 4) is 0 Å². The van der Waals surface area contributed by atoms with Crippen LogP contribution in [0.1, 0.15) is 0 Å². The minimum absolute atomic E-state index is 0.394. The van der Waals surface area contributed by atoms with Crippen LogP contribution in [0, 0.1) is 0 Å². The fourth-order valence-electron chi connectivity index (χ4n) is 0.104. The van der Waals surface area contributed by atoms with E-state index in [1.807, 2.05) is 0 Å². The van der Waals surface area contributed by atoms with Crippen LogP contribution < -0.4 is 0 Å². The Hall–Kier alpha value is 0.360. The molecule has 0 saturated heterocycles. The van der Waals surface area contributed by atoms with Gasteiger partial charge >= 0.3 is 56.1 Å². The number of hydrogen-bond acceptors (Lipinski definition) is 1. The van der Waals surface area contributed by atoms with Gasteiger partial charge in [0.05, 0.1) is 0 Å². The summed E-state index contributed by atoms with van der Waals surface area (Å²) >= 11 is -1.06. The summed E-state index contributed by atoms with van der Waals surface area (Å²) in [5, 5.41) is 0. The summed E-state index contributed by atoms with van der Waals surface area (Å²) < 4.78 is 68.3. The standard InChI is InChI=1S/C2H3F6PS/c1-10-9(6,7,8)2(3,4)5/h1H3. The predicted octanol–water partition coefficient (Wildman–Crippen LogP) is 3.99. The van der Waals surface area contributed by atoms with Crippen molar-refractivity contribution in [1.29, 1.82) is 0 Å². The Labute approximate surface area is 57.0 Å². The van der Waals surface area contributed by atoms with Crippen LogP contribution in [-0.2, 0) is 0 Å². The van der Waals surface area contributed by atoms with E-state index in [0.717, 1.165) is 0 Å². The first-order valence-corrected chi connectivity index (χ1v) is 5.63. The molecule has 0 bridgehead atoms. The molecular formula is C2H3F6PS. The first kappa shape index (κ1) is 10.4. The van der Waals surface area contributed by atoms with Gasteiger partial charge in [-0.1, -0.05) is 0 Å². The SMILES string of the molecule is CSP(F)(F)(F)C(F)(F)F. The second-order valence-electron chi connectivity index (χ2n) is 1.39. The van der Waals surface area contributed by atoms with Crippen LogP contribution >= 0.6 is 18.1 Å². The summed E-state index contributed by atoms with van der Waals surface area (Å²) in [6.07, 6.45) is 0.394. The van der Waals surface area contributed by atoms with Gasteiger partial charge in [-0.25, -0.2) is 0 Å². The van der Waals surface area contributed by atoms with Gasteiger partial charge in [0, 0.05) is 0 Å². The van der Waals surface area contributed by atoms with Crippen LogP contribution in [0.5, 0.6) is 0 Å². The molecule has 10 heavy (non-hydrogen) atoms. The Morgan fingerprint density at radius 2 is 1.40 bits per heavy atom. The molecule has 0 fully saturated rings. The van der Waals surface area contributed by atoms with Crippen LogP contribution in [0.15, 0.2) is 0 Å². The molecule has 0 N–H and O–H groups in total. The predicted molar refractivity (Wildman–Crippen MR) is 29.8 cm³/mol. The van der Waals surface area contributed by atoms with E-state index < -0.39 is 24.0 Å². The molecule has 0 atom stereocenters. The van der Waals surface area contributed by atoms with E-state index in [4.69, 9.17) is 0 Å². The normalized spacial score (nSPS) is 18.1. The zero-order valence-electron chi connectivity index (χ0n) is 4.62. The Morgan fingerprint density at radius 1 is 1.10 bits per heavy atom. The molecule has 0 aliphatic carbocycles. The van der Waals surface area contributed by atoms with Gasteiger partial charge in [0.1, 0.15) is 0 Å². The topological polar surface area (TPSA) is 0 Å². The van der Waals surface area contributed by atoms with E-state index in [0.29, 0.717) is 6.26 Å². The van der Waals surface area contributed by atoms with Crippen molar-refractivity contribution in [2.75, 3.05) is 6.26 Å². The number of rotatable bonds is 1. The number of hydrogen-bond donors (Lipinski definition) is 0. The molecule has 0 aliphatic rings. The van der Waals surface area contributed by atoms with Crippen LogP contribution in [0.3, 0.4) is 0 Å². The van der Waals surface area contributed by atoms with E-state index in [1.54, 1.807) is 0 Å². The molecule has 0 aromatic carbocycles. The van der Waals surface area contributed by atoms with Gasteiger partial charge < -0.3 is 0 Å². The average Bonchev–Trinajstić information content (AvgIpc) is 1.62. The summed E-state index contributed by atoms with van der Waals surface area (Å²) in [5.74, 6) is -6.02. The molecule has 64 valence electrons. The second kappa shape index (κ2) is 2.17. The first-order valence-electron chi connectivity index (χ1n) is 1.89. The summed E-state index contributed by atoms with van der Waals surface area (Å²) in [6, 6.07) is 0. The van der Waals surface area contributed by atoms with Crippen molar-refractivity contribution < 1.29 is 25.8 Å². The molecule has 0 saturated carbocycles. The summed E-state index contributed by atoms with van der Waals surface area (Å²) in [6.45, 7) is -7.92. The summed E-state index contributed by atoms with van der Waals surface area (Å²) in [7, 11) is 0. The van der Waals surface area contributed by atoms with E-state index >= 15 is 0 Å². The molecule has 0 unspecified atom stereocenters. The molecule has 0 aliphatic heterocycles. The van der Waals surface area contributed by atoms with Gasteiger partial charge in [0.2, 0.25) is 0 Å². The third kappa shape index (κ3) is 1.69. The van der Waals surface area contributed by atoms with Gasteiger partial charge in [-0.2, -0.15) is 0 Å². The van der Waals surface area contributed by atoms with Gasteiger partial charge in [-0.05, 0) is 0 Å². The van der Waals surface area contributed by atoms with E-state index in [9.17, 15) is 25.8 Å². The molecule has 0 aromatic heterocycles. The molecule has 0 nitrogen and oxygen atoms in total. The van der Waals surface area contributed by atoms with E-state index in [1.165, 1.54) is 0 Å². The summed E-state index contributed by atoms with van der Waals surface area (Å²) in [4.78, 5) is 0. The van der Waals surface area contributed by atoms with Crippen molar-refractivity contribution in [2.45, 2.75) is 5.92 Å². The fraction of sp³-hybridized carbons (Fsp3) is 1.00. The van der Waals surface area contributed by atoms with Gasteiger partial charge in [-0.3, -0.25) is 0 Å². The van der Waals surface area contributed by atoms with Crippen molar-refractivity contribution in [3.63, 3.8) is 0 Å². The quantitative estimate of drug-likeness (QED) is 0.459. The molecule has 0 rings (SSSR count). The zero-order valence-corrected chi connectivity index (χ0v) is 6.33. The van der Waals surface area contributed by atoms with Gasteiger partial charge in [0.15, 0.2) is 0 Å². The Morgan fingerprint density at radius 3 is 1.40 bits per heavy atom. The van der Waals surface area contributed by atoms with Crippen LogP contribution in [0.4, 0.5) is 25.8 Å². The maximum absolute atomic E-state index is 11.6. The molecular weight excluding hydrogens is 201 g/mol. The minimum atomic E-state index is -7.92. The van der Waals surface area contributed by atoms with E-state index in [2.05, 4.69) is 0 Å². The third-order valence-electron chi connectivity index (χ3n) is 0.689. The molecule has 0 amide bonds. The molecule has 0 spiro atoms. The molecule has 0 heterocycles. The van der Waals surface area contributed by atoms with Crippen LogP contribution in [0.25, 0.3) is 0 Å². The van der Waals surface area contributed by atoms with Gasteiger partial charge in [-0.15, -0.1) is 0 Å². The first-order chi connectivity index (χ1) is 4.09. The maximum atomic E-state index is 11.6. The molecule has 0 radical (unpaired) electrons. The Balaban J connectivity index is 4.70. The van der Waals surface area contributed by atoms with Crippen LogP contribution in [-0.4, -0.2) is 12.2 Å². The average molecular weight is 204 g/mol. The van der Waals surface area contributed by atoms with Crippen molar-refractivity contribution in [2.24, 2.45) is 0 Å². The number of halogens is 6. The molecule has 0 aromatic rings. The zero-order chi connectivity index (χ0) is 8.65. The van der Waals surface area contributed by atoms with Crippen molar-refractivity contribution in [3.05, 3.63) is 0 Å².